The number of nitrogens with one attached hydrogen (secondary N) is 1. The number of thiophene rings is 1. The lowest BCUT2D eigenvalue weighted by Gasteiger charge is -2.12. The Morgan fingerprint density at radius 1 is 1.35 bits per heavy atom. The summed E-state index contributed by atoms with van der Waals surface area (Å²) in [5, 5.41) is 11.9. The maximum absolute atomic E-state index is 11.9. The van der Waals surface area contributed by atoms with Gasteiger partial charge in [0.2, 0.25) is 5.91 Å². The van der Waals surface area contributed by atoms with Crippen molar-refractivity contribution < 1.29 is 14.7 Å². The van der Waals surface area contributed by atoms with Crippen molar-refractivity contribution in [1.82, 2.24) is 5.32 Å². The first-order valence-electron chi connectivity index (χ1n) is 6.31. The van der Waals surface area contributed by atoms with E-state index in [2.05, 4.69) is 5.32 Å². The van der Waals surface area contributed by atoms with E-state index < -0.39 is 0 Å². The number of hydrogen-bond donors (Lipinski definition) is 2. The van der Waals surface area contributed by atoms with Gasteiger partial charge in [-0.05, 0) is 18.9 Å². The molecule has 1 heterocycles. The maximum Gasteiger partial charge on any atom is 0.220 e. The highest BCUT2D eigenvalue weighted by molar-refractivity contribution is 7.20. The molecule has 0 aromatic carbocycles. The number of carbonyl (C=O) groups excluding carboxylic acids is 2. The molecule has 1 aliphatic rings. The normalized spacial score (nSPS) is 15.9. The number of carbonyl (C=O) groups is 2. The highest BCUT2D eigenvalue weighted by Crippen LogP contribution is 2.44. The van der Waals surface area contributed by atoms with Gasteiger partial charge in [-0.25, -0.2) is 0 Å². The van der Waals surface area contributed by atoms with E-state index >= 15 is 0 Å². The van der Waals surface area contributed by atoms with Crippen molar-refractivity contribution in [2.75, 3.05) is 13.2 Å². The van der Waals surface area contributed by atoms with Gasteiger partial charge in [-0.3, -0.25) is 9.59 Å². The van der Waals surface area contributed by atoms with E-state index in [9.17, 15) is 9.59 Å². The van der Waals surface area contributed by atoms with Crippen LogP contribution in [0.25, 0.3) is 0 Å². The summed E-state index contributed by atoms with van der Waals surface area (Å²) >= 11 is 12.8. The van der Waals surface area contributed by atoms with Crippen LogP contribution < -0.4 is 5.32 Å². The van der Waals surface area contributed by atoms with Gasteiger partial charge in [0, 0.05) is 30.4 Å². The largest absolute Gasteiger partial charge is 0.396 e. The average molecular weight is 336 g/mol. The van der Waals surface area contributed by atoms with Crippen molar-refractivity contribution in [3.63, 3.8) is 0 Å². The van der Waals surface area contributed by atoms with Gasteiger partial charge >= 0.3 is 0 Å². The Hall–Kier alpha value is -0.620. The lowest BCUT2D eigenvalue weighted by Crippen LogP contribution is -2.32. The second-order valence-corrected chi connectivity index (χ2v) is 7.38. The molecule has 1 amide bonds. The molecular formula is C13H15Cl2NO3S. The number of hydrogen-bond acceptors (Lipinski definition) is 4. The molecule has 4 nitrogen and oxygen atoms in total. The minimum atomic E-state index is -0.185. The number of rotatable bonds is 7. The van der Waals surface area contributed by atoms with Gasteiger partial charge in [-0.1, -0.05) is 23.2 Å². The number of ketones is 1. The summed E-state index contributed by atoms with van der Waals surface area (Å²) in [5.41, 5.74) is 0.257. The first-order valence-corrected chi connectivity index (χ1v) is 7.89. The molecule has 1 aromatic rings. The molecule has 20 heavy (non-hydrogen) atoms. The van der Waals surface area contributed by atoms with Crippen molar-refractivity contribution in [2.45, 2.75) is 25.7 Å². The van der Waals surface area contributed by atoms with E-state index in [1.807, 2.05) is 0 Å². The minimum Gasteiger partial charge on any atom is -0.396 e. The summed E-state index contributed by atoms with van der Waals surface area (Å²) < 4.78 is 0.819. The van der Waals surface area contributed by atoms with Gasteiger partial charge in [0.1, 0.15) is 4.34 Å². The molecule has 1 fully saturated rings. The van der Waals surface area contributed by atoms with Crippen LogP contribution in [-0.2, 0) is 4.79 Å². The van der Waals surface area contributed by atoms with Gasteiger partial charge in [0.25, 0.3) is 0 Å². The highest BCUT2D eigenvalue weighted by Gasteiger charge is 2.41. The van der Waals surface area contributed by atoms with E-state index in [0.29, 0.717) is 20.8 Å². The molecule has 1 aliphatic carbocycles. The molecule has 2 rings (SSSR count). The zero-order valence-corrected chi connectivity index (χ0v) is 13.1. The predicted octanol–water partition coefficient (Wildman–Crippen LogP) is 2.91. The highest BCUT2D eigenvalue weighted by atomic mass is 35.5. The van der Waals surface area contributed by atoms with Gasteiger partial charge in [-0.15, -0.1) is 11.3 Å². The first kappa shape index (κ1) is 15.8. The number of halogens is 2. The minimum absolute atomic E-state index is 0.0925. The molecule has 0 unspecified atom stereocenters. The molecule has 0 bridgehead atoms. The third-order valence-corrected chi connectivity index (χ3v) is 4.98. The molecule has 2 N–H and O–H groups in total. The van der Waals surface area contributed by atoms with E-state index in [1.54, 1.807) is 0 Å². The second kappa shape index (κ2) is 6.43. The second-order valence-electron chi connectivity index (χ2n) is 5.10. The Labute approximate surface area is 131 Å². The van der Waals surface area contributed by atoms with E-state index in [1.165, 1.54) is 6.07 Å². The van der Waals surface area contributed by atoms with Crippen molar-refractivity contribution in [1.29, 1.82) is 0 Å². The summed E-state index contributed by atoms with van der Waals surface area (Å²) in [6.07, 6.45) is 2.09. The van der Waals surface area contributed by atoms with Gasteiger partial charge < -0.3 is 10.4 Å². The maximum atomic E-state index is 11.9. The third kappa shape index (κ3) is 3.95. The topological polar surface area (TPSA) is 66.4 Å². The summed E-state index contributed by atoms with van der Waals surface area (Å²) in [6, 6.07) is 1.53. The summed E-state index contributed by atoms with van der Waals surface area (Å²) in [7, 11) is 0. The number of Topliss-reactive ketones (excluding diaryl/α,β-unsaturated/α-hetero) is 1. The molecule has 1 saturated carbocycles. The Bertz CT molecular complexity index is 526. The first-order chi connectivity index (χ1) is 9.46. The molecule has 110 valence electrons. The van der Waals surface area contributed by atoms with Crippen LogP contribution in [0.5, 0.6) is 0 Å². The van der Waals surface area contributed by atoms with Crippen molar-refractivity contribution in [2.24, 2.45) is 5.41 Å². The van der Waals surface area contributed by atoms with Crippen LogP contribution in [0, 0.1) is 5.41 Å². The lowest BCUT2D eigenvalue weighted by atomic mass is 10.1. The van der Waals surface area contributed by atoms with Crippen molar-refractivity contribution in [3.05, 3.63) is 20.3 Å². The van der Waals surface area contributed by atoms with Crippen LogP contribution in [-0.4, -0.2) is 29.9 Å². The summed E-state index contributed by atoms with van der Waals surface area (Å²) in [4.78, 5) is 23.6. The fourth-order valence-electron chi connectivity index (χ4n) is 1.83. The Morgan fingerprint density at radius 3 is 2.55 bits per heavy atom. The standard InChI is InChI=1S/C13H15Cl2NO3S/c14-10-5-8(12(15)20-10)9(18)1-2-11(19)16-6-13(7-17)3-4-13/h5,17H,1-4,6-7H2,(H,16,19). The molecule has 1 aromatic heterocycles. The predicted molar refractivity (Wildman–Crippen MR) is 79.7 cm³/mol. The molecule has 0 aliphatic heterocycles. The van der Waals surface area contributed by atoms with E-state index in [4.69, 9.17) is 28.3 Å². The fraction of sp³-hybridized carbons (Fsp3) is 0.538. The van der Waals surface area contributed by atoms with Crippen LogP contribution >= 0.6 is 34.5 Å². The van der Waals surface area contributed by atoms with Gasteiger partial charge in [-0.2, -0.15) is 0 Å². The van der Waals surface area contributed by atoms with Crippen LogP contribution in [0.4, 0.5) is 0 Å². The van der Waals surface area contributed by atoms with Crippen molar-refractivity contribution >= 4 is 46.2 Å². The molecular weight excluding hydrogens is 321 g/mol. The Morgan fingerprint density at radius 2 is 2.05 bits per heavy atom. The van der Waals surface area contributed by atoms with Gasteiger partial charge in [0.15, 0.2) is 5.78 Å². The number of aliphatic hydroxyl groups is 1. The fourth-order valence-corrected chi connectivity index (χ4v) is 3.33. The summed E-state index contributed by atoms with van der Waals surface area (Å²) in [5.74, 6) is -0.368. The lowest BCUT2D eigenvalue weighted by molar-refractivity contribution is -0.121. The summed E-state index contributed by atoms with van der Waals surface area (Å²) in [6.45, 7) is 0.566. The zero-order valence-electron chi connectivity index (χ0n) is 10.7. The molecule has 0 spiro atoms. The molecule has 0 atom stereocenters. The number of amides is 1. The smallest absolute Gasteiger partial charge is 0.220 e. The van der Waals surface area contributed by atoms with E-state index in [-0.39, 0.29) is 36.6 Å². The van der Waals surface area contributed by atoms with Gasteiger partial charge in [0.05, 0.1) is 10.9 Å². The van der Waals surface area contributed by atoms with Crippen LogP contribution in [0.15, 0.2) is 6.07 Å². The number of aliphatic hydroxyl groups excluding tert-OH is 1. The van der Waals surface area contributed by atoms with Crippen molar-refractivity contribution in [3.8, 4) is 0 Å². The quantitative estimate of drug-likeness (QED) is 0.753. The van der Waals surface area contributed by atoms with Crippen LogP contribution in [0.1, 0.15) is 36.0 Å². The third-order valence-electron chi connectivity index (χ3n) is 3.49. The Kier molecular flexibility index (Phi) is 5.07. The zero-order chi connectivity index (χ0) is 14.8. The Balaban J connectivity index is 1.76. The van der Waals surface area contributed by atoms with Crippen LogP contribution in [0.3, 0.4) is 0 Å². The monoisotopic (exact) mass is 335 g/mol. The van der Waals surface area contributed by atoms with Crippen LogP contribution in [0.2, 0.25) is 8.67 Å². The molecule has 0 radical (unpaired) electrons. The molecule has 0 saturated heterocycles. The van der Waals surface area contributed by atoms with E-state index in [0.717, 1.165) is 24.2 Å². The average Bonchev–Trinajstić information content (AvgIpc) is 3.13. The molecule has 7 heteroatoms. The SMILES string of the molecule is O=C(CCC(=O)c1cc(Cl)sc1Cl)NCC1(CO)CC1.